The molecular formula is C28H33F2N4O3P. The molecule has 2 aromatic carbocycles. The standard InChI is InChI=1S/C26H27F2N4O3P.C2H6/c1-15-13-31(14-29-15)21-7-6-17(10-22(21)34-3)9-18-5-4-8-32-25(18)30-35-26(32,16(2)33)19-11-20(27)24(28)23(36)12-19;1-2/h6-7,9-14,16,33H,4-5,8,36H2,1-3H3;1-2H3/b18-9-;. The number of hydrogen-bond acceptors (Lipinski definition) is 6. The van der Waals surface area contributed by atoms with E-state index in [1.807, 2.05) is 60.7 Å². The molecule has 2 aliphatic heterocycles. The Kier molecular flexibility index (Phi) is 8.19. The minimum atomic E-state index is -1.46. The van der Waals surface area contributed by atoms with Crippen molar-refractivity contribution < 1.29 is 23.5 Å². The number of aliphatic hydroxyl groups is 1. The average Bonchev–Trinajstić information content (AvgIpc) is 3.53. The predicted octanol–water partition coefficient (Wildman–Crippen LogP) is 5.05. The number of imidazole rings is 1. The molecule has 3 aromatic rings. The number of nitrogens with zero attached hydrogens (tertiary/aromatic N) is 4. The zero-order valence-corrected chi connectivity index (χ0v) is 23.4. The van der Waals surface area contributed by atoms with Crippen molar-refractivity contribution in [2.24, 2.45) is 5.16 Å². The quantitative estimate of drug-likeness (QED) is 0.457. The minimum absolute atomic E-state index is 0.0510. The van der Waals surface area contributed by atoms with Crippen LogP contribution < -0.4 is 10.0 Å². The van der Waals surface area contributed by atoms with E-state index in [4.69, 9.17) is 9.57 Å². The maximum atomic E-state index is 14.3. The van der Waals surface area contributed by atoms with Crippen molar-refractivity contribution in [2.75, 3.05) is 13.7 Å². The molecule has 1 fully saturated rings. The fourth-order valence-corrected chi connectivity index (χ4v) is 5.19. The molecule has 0 spiro atoms. The lowest BCUT2D eigenvalue weighted by molar-refractivity contribution is -0.173. The van der Waals surface area contributed by atoms with Gasteiger partial charge in [-0.3, -0.25) is 0 Å². The Morgan fingerprint density at radius 1 is 1.24 bits per heavy atom. The van der Waals surface area contributed by atoms with Crippen LogP contribution in [0.5, 0.6) is 5.75 Å². The summed E-state index contributed by atoms with van der Waals surface area (Å²) in [6.07, 6.45) is 6.10. The van der Waals surface area contributed by atoms with Crippen LogP contribution in [-0.4, -0.2) is 45.2 Å². The number of ether oxygens (including phenoxy) is 1. The van der Waals surface area contributed by atoms with E-state index in [0.717, 1.165) is 41.4 Å². The summed E-state index contributed by atoms with van der Waals surface area (Å²) in [6, 6.07) is 8.40. The van der Waals surface area contributed by atoms with Crippen LogP contribution in [-0.2, 0) is 10.6 Å². The second-order valence-electron chi connectivity index (χ2n) is 9.02. The van der Waals surface area contributed by atoms with Gasteiger partial charge in [0.05, 0.1) is 24.8 Å². The molecule has 3 unspecified atom stereocenters. The SMILES string of the molecule is CC.COc1cc(/C=C2/CCCN3C2=NOC3(c2cc(F)c(F)c(P)c2)C(C)O)ccc1-n1cnc(C)c1. The summed E-state index contributed by atoms with van der Waals surface area (Å²) < 4.78 is 35.9. The minimum Gasteiger partial charge on any atom is -0.495 e. The molecule has 0 amide bonds. The molecule has 10 heteroatoms. The van der Waals surface area contributed by atoms with E-state index in [2.05, 4.69) is 19.4 Å². The Morgan fingerprint density at radius 3 is 2.63 bits per heavy atom. The fourth-order valence-electron chi connectivity index (χ4n) is 4.87. The van der Waals surface area contributed by atoms with Gasteiger partial charge in [0.1, 0.15) is 11.9 Å². The molecule has 2 aliphatic rings. The van der Waals surface area contributed by atoms with Crippen LogP contribution in [0.2, 0.25) is 0 Å². The average molecular weight is 543 g/mol. The van der Waals surface area contributed by atoms with Gasteiger partial charge in [0.2, 0.25) is 0 Å². The summed E-state index contributed by atoms with van der Waals surface area (Å²) in [5, 5.41) is 15.2. The number of fused-ring (bicyclic) bond motifs is 1. The van der Waals surface area contributed by atoms with Crippen LogP contribution in [0.3, 0.4) is 0 Å². The second kappa shape index (κ2) is 11.2. The maximum Gasteiger partial charge on any atom is 0.263 e. The summed E-state index contributed by atoms with van der Waals surface area (Å²) >= 11 is 0. The van der Waals surface area contributed by atoms with Crippen molar-refractivity contribution in [1.82, 2.24) is 14.5 Å². The summed E-state index contributed by atoms with van der Waals surface area (Å²) in [5.41, 5.74) is 2.42. The van der Waals surface area contributed by atoms with E-state index < -0.39 is 23.5 Å². The smallest absolute Gasteiger partial charge is 0.263 e. The number of amidine groups is 1. The number of hydrogen-bond donors (Lipinski definition) is 1. The van der Waals surface area contributed by atoms with Crippen molar-refractivity contribution >= 4 is 26.5 Å². The number of methoxy groups -OCH3 is 1. The zero-order valence-electron chi connectivity index (χ0n) is 22.2. The molecule has 1 N–H and O–H groups in total. The summed E-state index contributed by atoms with van der Waals surface area (Å²) in [5.74, 6) is -0.716. The molecule has 0 radical (unpaired) electrons. The molecule has 3 heterocycles. The summed E-state index contributed by atoms with van der Waals surface area (Å²) in [6.45, 7) is 8.02. The predicted molar refractivity (Wildman–Crippen MR) is 148 cm³/mol. The van der Waals surface area contributed by atoms with Gasteiger partial charge < -0.3 is 24.1 Å². The number of piperidine rings is 1. The molecule has 202 valence electrons. The van der Waals surface area contributed by atoms with Crippen molar-refractivity contribution in [2.45, 2.75) is 52.4 Å². The Bertz CT molecular complexity index is 1370. The zero-order chi connectivity index (χ0) is 27.6. The number of halogens is 2. The Balaban J connectivity index is 0.00000164. The van der Waals surface area contributed by atoms with E-state index in [1.165, 1.54) is 6.07 Å². The van der Waals surface area contributed by atoms with Gasteiger partial charge in [0, 0.05) is 23.6 Å². The normalized spacial score (nSPS) is 20.3. The van der Waals surface area contributed by atoms with Crippen LogP contribution >= 0.6 is 9.24 Å². The van der Waals surface area contributed by atoms with Crippen molar-refractivity contribution in [1.29, 1.82) is 0 Å². The largest absolute Gasteiger partial charge is 0.495 e. The van der Waals surface area contributed by atoms with Crippen LogP contribution in [0.15, 0.2) is 53.6 Å². The third-order valence-electron chi connectivity index (χ3n) is 6.61. The van der Waals surface area contributed by atoms with Crippen molar-refractivity contribution in [3.8, 4) is 11.4 Å². The van der Waals surface area contributed by atoms with Gasteiger partial charge >= 0.3 is 0 Å². The molecule has 1 aromatic heterocycles. The van der Waals surface area contributed by atoms with E-state index in [-0.39, 0.29) is 5.30 Å². The lowest BCUT2D eigenvalue weighted by Crippen LogP contribution is -2.55. The topological polar surface area (TPSA) is 72.1 Å². The molecule has 38 heavy (non-hydrogen) atoms. The molecule has 7 nitrogen and oxygen atoms in total. The first-order chi connectivity index (χ1) is 18.2. The van der Waals surface area contributed by atoms with Gasteiger partial charge in [-0.25, -0.2) is 13.8 Å². The van der Waals surface area contributed by atoms with Crippen LogP contribution in [0.4, 0.5) is 8.78 Å². The number of oxime groups is 1. The monoisotopic (exact) mass is 542 g/mol. The number of aliphatic hydroxyl groups excluding tert-OH is 1. The van der Waals surface area contributed by atoms with Crippen molar-refractivity contribution in [3.05, 3.63) is 76.9 Å². The molecule has 5 rings (SSSR count). The molecule has 1 saturated heterocycles. The highest BCUT2D eigenvalue weighted by molar-refractivity contribution is 7.27. The third kappa shape index (κ3) is 4.81. The maximum absolute atomic E-state index is 14.3. The highest BCUT2D eigenvalue weighted by Crippen LogP contribution is 2.43. The fraction of sp³-hybridized carbons (Fsp3) is 0.357. The van der Waals surface area contributed by atoms with E-state index in [1.54, 1.807) is 20.4 Å². The number of benzene rings is 2. The first-order valence-electron chi connectivity index (χ1n) is 12.6. The van der Waals surface area contributed by atoms with Crippen LogP contribution in [0.1, 0.15) is 50.4 Å². The first-order valence-corrected chi connectivity index (χ1v) is 13.2. The lowest BCUT2D eigenvalue weighted by atomic mass is 9.91. The molecule has 0 bridgehead atoms. The van der Waals surface area contributed by atoms with Gasteiger partial charge in [0.15, 0.2) is 17.5 Å². The van der Waals surface area contributed by atoms with Gasteiger partial charge in [-0.15, -0.1) is 9.24 Å². The van der Waals surface area contributed by atoms with Gasteiger partial charge in [-0.1, -0.05) is 25.1 Å². The lowest BCUT2D eigenvalue weighted by Gasteiger charge is -2.41. The van der Waals surface area contributed by atoms with E-state index in [0.29, 0.717) is 23.7 Å². The summed E-state index contributed by atoms with van der Waals surface area (Å²) in [7, 11) is 3.81. The first kappa shape index (κ1) is 27.7. The number of rotatable bonds is 5. The van der Waals surface area contributed by atoms with Gasteiger partial charge in [-0.2, -0.15) is 0 Å². The van der Waals surface area contributed by atoms with E-state index >= 15 is 0 Å². The Morgan fingerprint density at radius 2 is 2.00 bits per heavy atom. The molecule has 0 aliphatic carbocycles. The molecular weight excluding hydrogens is 509 g/mol. The van der Waals surface area contributed by atoms with E-state index in [9.17, 15) is 13.9 Å². The Labute approximate surface area is 224 Å². The summed E-state index contributed by atoms with van der Waals surface area (Å²) in [4.78, 5) is 12.0. The van der Waals surface area contributed by atoms with Crippen LogP contribution in [0, 0.1) is 18.6 Å². The van der Waals surface area contributed by atoms with Crippen LogP contribution in [0.25, 0.3) is 11.8 Å². The van der Waals surface area contributed by atoms with Gasteiger partial charge in [0.25, 0.3) is 5.72 Å². The second-order valence-corrected chi connectivity index (χ2v) is 9.64. The third-order valence-corrected chi connectivity index (χ3v) is 7.03. The number of aromatic nitrogens is 2. The number of aryl methyl sites for hydroxylation is 1. The van der Waals surface area contributed by atoms with Crippen molar-refractivity contribution in [3.63, 3.8) is 0 Å². The highest BCUT2D eigenvalue weighted by Gasteiger charge is 2.53. The Hall–Kier alpha value is -3.29. The molecule has 0 saturated carbocycles. The highest BCUT2D eigenvalue weighted by atomic mass is 31.0. The van der Waals surface area contributed by atoms with Gasteiger partial charge in [-0.05, 0) is 68.2 Å². The molecule has 3 atom stereocenters.